The molecule has 7 nitrogen and oxygen atoms in total. The normalized spacial score (nSPS) is 17.0. The first-order chi connectivity index (χ1) is 13.5. The van der Waals surface area contributed by atoms with Crippen molar-refractivity contribution in [2.24, 2.45) is 0 Å². The highest BCUT2D eigenvalue weighted by atomic mass is 32.2. The van der Waals surface area contributed by atoms with Crippen LogP contribution in [0.3, 0.4) is 0 Å². The molecule has 2 heterocycles. The number of esters is 1. The lowest BCUT2D eigenvalue weighted by Crippen LogP contribution is -2.42. The summed E-state index contributed by atoms with van der Waals surface area (Å²) in [6.45, 7) is 5.11. The number of benzene rings is 1. The number of aliphatic hydroxyl groups excluding tert-OH is 1. The highest BCUT2D eigenvalue weighted by Gasteiger charge is 2.34. The molecule has 1 aliphatic heterocycles. The van der Waals surface area contributed by atoms with E-state index in [0.29, 0.717) is 16.9 Å². The molecule has 1 aromatic carbocycles. The molecule has 0 radical (unpaired) electrons. The number of anilines is 1. The number of hydrogen-bond donors (Lipinski definition) is 1. The Hall–Kier alpha value is -2.52. The number of carbonyl (C=O) groups excluding carboxylic acids is 1. The van der Waals surface area contributed by atoms with Gasteiger partial charge in [-0.05, 0) is 56.7 Å². The van der Waals surface area contributed by atoms with Crippen LogP contribution in [0.25, 0.3) is 0 Å². The number of aliphatic hydroxyl groups is 1. The largest absolute Gasteiger partial charge is 0.460 e. The van der Waals surface area contributed by atoms with Crippen molar-refractivity contribution in [3.8, 4) is 0 Å². The fourth-order valence-corrected chi connectivity index (χ4v) is 4.60. The van der Waals surface area contributed by atoms with Crippen LogP contribution in [0.1, 0.15) is 32.0 Å². The molecule has 1 aromatic heterocycles. The molecule has 0 fully saturated rings. The molecule has 0 saturated heterocycles. The number of ether oxygens (including phenoxy) is 1. The van der Waals surface area contributed by atoms with Crippen LogP contribution in [0.2, 0.25) is 0 Å². The van der Waals surface area contributed by atoms with E-state index in [4.69, 9.17) is 4.74 Å². The topological polar surface area (TPSA) is 96.8 Å². The van der Waals surface area contributed by atoms with Gasteiger partial charge in [0.05, 0.1) is 35.3 Å². The first-order valence-electron chi connectivity index (χ1n) is 9.12. The van der Waals surface area contributed by atoms with E-state index in [-0.39, 0.29) is 24.3 Å². The number of aromatic nitrogens is 1. The molecule has 0 bridgehead atoms. The van der Waals surface area contributed by atoms with E-state index in [9.17, 15) is 22.7 Å². The van der Waals surface area contributed by atoms with E-state index in [1.165, 1.54) is 18.3 Å². The molecule has 1 N–H and O–H groups in total. The third-order valence-electron chi connectivity index (χ3n) is 4.25. The smallest absolute Gasteiger partial charge is 0.310 e. The predicted octanol–water partition coefficient (Wildman–Crippen LogP) is 2.22. The van der Waals surface area contributed by atoms with Crippen molar-refractivity contribution in [2.45, 2.75) is 50.2 Å². The molecular formula is C20H23FN2O5S. The summed E-state index contributed by atoms with van der Waals surface area (Å²) in [6.07, 6.45) is 0.674. The summed E-state index contributed by atoms with van der Waals surface area (Å²) in [5, 5.41) is 10.1. The first-order valence-corrected chi connectivity index (χ1v) is 10.6. The second-order valence-corrected chi connectivity index (χ2v) is 9.78. The zero-order chi connectivity index (χ0) is 21.4. The second-order valence-electron chi connectivity index (χ2n) is 7.92. The minimum absolute atomic E-state index is 0.0649. The van der Waals surface area contributed by atoms with Gasteiger partial charge in [-0.3, -0.25) is 14.1 Å². The number of pyridine rings is 1. The van der Waals surface area contributed by atoms with Crippen molar-refractivity contribution in [1.29, 1.82) is 0 Å². The Labute approximate surface area is 169 Å². The molecule has 156 valence electrons. The van der Waals surface area contributed by atoms with Crippen LogP contribution < -0.4 is 4.31 Å². The SMILES string of the molecule is CC(C)(C)OC(=O)Cc1cnc2c(c1)N(S(=O)(=O)c1ccc(F)cc1)CC(O)C2. The first kappa shape index (κ1) is 21.2. The Morgan fingerprint density at radius 3 is 2.59 bits per heavy atom. The van der Waals surface area contributed by atoms with Crippen molar-refractivity contribution in [2.75, 3.05) is 10.8 Å². The molecule has 0 amide bonds. The third-order valence-corrected chi connectivity index (χ3v) is 6.04. The number of rotatable bonds is 4. The van der Waals surface area contributed by atoms with E-state index in [0.717, 1.165) is 16.4 Å². The third kappa shape index (κ3) is 4.91. The summed E-state index contributed by atoms with van der Waals surface area (Å²) in [5.41, 5.74) is 0.553. The highest BCUT2D eigenvalue weighted by molar-refractivity contribution is 7.92. The Bertz CT molecular complexity index is 1020. The van der Waals surface area contributed by atoms with E-state index >= 15 is 0 Å². The molecule has 0 saturated carbocycles. The Morgan fingerprint density at radius 2 is 1.97 bits per heavy atom. The van der Waals surface area contributed by atoms with Crippen molar-refractivity contribution >= 4 is 21.7 Å². The Balaban J connectivity index is 1.96. The predicted molar refractivity (Wildman–Crippen MR) is 104 cm³/mol. The summed E-state index contributed by atoms with van der Waals surface area (Å²) in [7, 11) is -4.05. The molecule has 29 heavy (non-hydrogen) atoms. The van der Waals surface area contributed by atoms with Crippen LogP contribution >= 0.6 is 0 Å². The summed E-state index contributed by atoms with van der Waals surface area (Å²) in [4.78, 5) is 16.3. The van der Waals surface area contributed by atoms with Crippen molar-refractivity contribution in [3.05, 3.63) is 53.6 Å². The fourth-order valence-electron chi connectivity index (χ4n) is 3.08. The van der Waals surface area contributed by atoms with Gasteiger partial charge in [-0.1, -0.05) is 0 Å². The molecule has 1 unspecified atom stereocenters. The van der Waals surface area contributed by atoms with Gasteiger partial charge in [0, 0.05) is 12.6 Å². The molecule has 3 rings (SSSR count). The number of carbonyl (C=O) groups is 1. The van der Waals surface area contributed by atoms with Crippen LogP contribution in [0.15, 0.2) is 41.4 Å². The molecule has 1 aliphatic rings. The number of nitrogens with zero attached hydrogens (tertiary/aromatic N) is 2. The standard InChI is InChI=1S/C20H23FN2O5S/c1-20(2,3)28-19(25)9-13-8-18-17(22-11-13)10-15(24)12-23(18)29(26,27)16-6-4-14(21)5-7-16/h4-8,11,15,24H,9-10,12H2,1-3H3. The van der Waals surface area contributed by atoms with Crippen LogP contribution in [0, 0.1) is 5.82 Å². The van der Waals surface area contributed by atoms with Gasteiger partial charge in [-0.15, -0.1) is 0 Å². The van der Waals surface area contributed by atoms with Crippen LogP contribution in [0.4, 0.5) is 10.1 Å². The summed E-state index contributed by atoms with van der Waals surface area (Å²) in [5.74, 6) is -1.01. The van der Waals surface area contributed by atoms with Crippen molar-refractivity contribution < 1.29 is 27.4 Å². The van der Waals surface area contributed by atoms with Crippen molar-refractivity contribution in [3.63, 3.8) is 0 Å². The van der Waals surface area contributed by atoms with Gasteiger partial charge in [0.1, 0.15) is 11.4 Å². The zero-order valence-corrected chi connectivity index (χ0v) is 17.2. The van der Waals surface area contributed by atoms with Gasteiger partial charge in [0.25, 0.3) is 10.0 Å². The maximum absolute atomic E-state index is 13.2. The van der Waals surface area contributed by atoms with Gasteiger partial charge in [-0.25, -0.2) is 12.8 Å². The Morgan fingerprint density at radius 1 is 1.31 bits per heavy atom. The number of sulfonamides is 1. The van der Waals surface area contributed by atoms with Crippen LogP contribution in [-0.4, -0.2) is 42.7 Å². The lowest BCUT2D eigenvalue weighted by Gasteiger charge is -2.32. The summed E-state index contributed by atoms with van der Waals surface area (Å²) < 4.78 is 45.8. The lowest BCUT2D eigenvalue weighted by molar-refractivity contribution is -0.153. The monoisotopic (exact) mass is 422 g/mol. The van der Waals surface area contributed by atoms with E-state index in [2.05, 4.69) is 4.98 Å². The molecule has 0 aliphatic carbocycles. The second kappa shape index (κ2) is 7.72. The molecule has 2 aromatic rings. The number of fused-ring (bicyclic) bond motifs is 1. The Kier molecular flexibility index (Phi) is 5.64. The average Bonchev–Trinajstić information content (AvgIpc) is 2.60. The van der Waals surface area contributed by atoms with Gasteiger partial charge >= 0.3 is 5.97 Å². The minimum Gasteiger partial charge on any atom is -0.460 e. The maximum Gasteiger partial charge on any atom is 0.310 e. The fraction of sp³-hybridized carbons (Fsp3) is 0.400. The van der Waals surface area contributed by atoms with Crippen LogP contribution in [0.5, 0.6) is 0 Å². The molecule has 9 heteroatoms. The average molecular weight is 422 g/mol. The van der Waals surface area contributed by atoms with Crippen LogP contribution in [-0.2, 0) is 32.4 Å². The molecule has 0 spiro atoms. The van der Waals surface area contributed by atoms with Crippen molar-refractivity contribution in [1.82, 2.24) is 4.98 Å². The van der Waals surface area contributed by atoms with Gasteiger partial charge in [-0.2, -0.15) is 0 Å². The van der Waals surface area contributed by atoms with Gasteiger partial charge < -0.3 is 9.84 Å². The quantitative estimate of drug-likeness (QED) is 0.759. The van der Waals surface area contributed by atoms with E-state index < -0.39 is 33.5 Å². The highest BCUT2D eigenvalue weighted by Crippen LogP contribution is 2.32. The molecular weight excluding hydrogens is 399 g/mol. The molecule has 1 atom stereocenters. The minimum atomic E-state index is -4.05. The maximum atomic E-state index is 13.2. The van der Waals surface area contributed by atoms with E-state index in [1.54, 1.807) is 26.8 Å². The summed E-state index contributed by atoms with van der Waals surface area (Å²) in [6, 6.07) is 6.03. The van der Waals surface area contributed by atoms with Gasteiger partial charge in [0.15, 0.2) is 0 Å². The number of halogens is 1. The summed E-state index contributed by atoms with van der Waals surface area (Å²) >= 11 is 0. The number of β-amino-alcohol motifs (C(OH)–C–C–N with tert-alkyl or cyclic N) is 1. The lowest BCUT2D eigenvalue weighted by atomic mass is 10.0. The van der Waals surface area contributed by atoms with E-state index in [1.807, 2.05) is 0 Å². The van der Waals surface area contributed by atoms with Gasteiger partial charge in [0.2, 0.25) is 0 Å². The number of hydrogen-bond acceptors (Lipinski definition) is 6. The zero-order valence-electron chi connectivity index (χ0n) is 16.4.